The van der Waals surface area contributed by atoms with Crippen molar-refractivity contribution in [1.82, 2.24) is 0 Å². The van der Waals surface area contributed by atoms with Crippen LogP contribution in [0.5, 0.6) is 0 Å². The Hall–Kier alpha value is -0.820. The highest BCUT2D eigenvalue weighted by Gasteiger charge is 2.34. The van der Waals surface area contributed by atoms with Crippen molar-refractivity contribution in [2.75, 3.05) is 19.9 Å². The first kappa shape index (κ1) is 21.5. The van der Waals surface area contributed by atoms with Crippen LogP contribution in [0.3, 0.4) is 0 Å². The summed E-state index contributed by atoms with van der Waals surface area (Å²) in [4.78, 5) is 11.0. The molecule has 1 aliphatic carbocycles. The summed E-state index contributed by atoms with van der Waals surface area (Å²) in [5.74, 6) is -0.778. The zero-order valence-electron chi connectivity index (χ0n) is 15.3. The number of hydrogen-bond acceptors (Lipinski definition) is 4. The molecule has 2 rings (SSSR count). The molecule has 2 fully saturated rings. The van der Waals surface area contributed by atoms with Crippen LogP contribution < -0.4 is 0 Å². The van der Waals surface area contributed by atoms with Crippen LogP contribution in [0.4, 0.5) is 13.2 Å². The average Bonchev–Trinajstić information content (AvgIpc) is 2.65. The minimum atomic E-state index is -3.06. The second-order valence-corrected chi connectivity index (χ2v) is 7.42. The molecule has 0 bridgehead atoms. The summed E-state index contributed by atoms with van der Waals surface area (Å²) in [6.45, 7) is 1.16. The Morgan fingerprint density at radius 2 is 1.58 bits per heavy atom. The fourth-order valence-corrected chi connectivity index (χ4v) is 3.75. The zero-order chi connectivity index (χ0) is 18.8. The lowest BCUT2D eigenvalue weighted by Crippen LogP contribution is -2.39. The smallest absolute Gasteiger partial charge is 0.374 e. The highest BCUT2D eigenvalue weighted by atomic mass is 19.3. The Labute approximate surface area is 153 Å². The molecule has 0 aromatic rings. The Kier molecular flexibility index (Phi) is 9.75. The molecule has 1 saturated heterocycles. The van der Waals surface area contributed by atoms with E-state index in [0.717, 1.165) is 44.9 Å². The number of esters is 1. The van der Waals surface area contributed by atoms with Crippen molar-refractivity contribution in [1.29, 1.82) is 0 Å². The van der Waals surface area contributed by atoms with Gasteiger partial charge in [0.15, 0.2) is 6.29 Å². The first-order valence-electron chi connectivity index (χ1n) is 9.88. The van der Waals surface area contributed by atoms with Crippen molar-refractivity contribution in [3.8, 4) is 0 Å². The second-order valence-electron chi connectivity index (χ2n) is 7.42. The fraction of sp³-hybridized carbons (Fsp3) is 0.947. The highest BCUT2D eigenvalue weighted by molar-refractivity contribution is 5.72. The van der Waals surface area contributed by atoms with Gasteiger partial charge in [-0.15, -0.1) is 0 Å². The molecule has 0 aromatic heterocycles. The summed E-state index contributed by atoms with van der Waals surface area (Å²) < 4.78 is 53.0. The summed E-state index contributed by atoms with van der Waals surface area (Å²) in [6, 6.07) is 0. The first-order chi connectivity index (χ1) is 12.6. The van der Waals surface area contributed by atoms with E-state index in [0.29, 0.717) is 38.4 Å². The van der Waals surface area contributed by atoms with Crippen molar-refractivity contribution < 1.29 is 32.2 Å². The average molecular weight is 380 g/mol. The van der Waals surface area contributed by atoms with E-state index >= 15 is 0 Å². The monoisotopic (exact) mass is 380 g/mol. The first-order valence-corrected chi connectivity index (χ1v) is 9.88. The lowest BCUT2D eigenvalue weighted by molar-refractivity contribution is -0.231. The number of hydrogen-bond donors (Lipinski definition) is 0. The van der Waals surface area contributed by atoms with Crippen molar-refractivity contribution in [3.63, 3.8) is 0 Å². The van der Waals surface area contributed by atoms with Crippen molar-refractivity contribution >= 4 is 5.97 Å². The molecule has 0 atom stereocenters. The summed E-state index contributed by atoms with van der Waals surface area (Å²) in [5.41, 5.74) is 0. The van der Waals surface area contributed by atoms with Gasteiger partial charge in [-0.2, -0.15) is 8.78 Å². The molecule has 152 valence electrons. The predicted octanol–water partition coefficient (Wildman–Crippen LogP) is 4.65. The molecule has 26 heavy (non-hydrogen) atoms. The molecule has 0 amide bonds. The number of ether oxygens (including phenoxy) is 3. The Morgan fingerprint density at radius 3 is 2.19 bits per heavy atom. The normalized spacial score (nSPS) is 29.7. The van der Waals surface area contributed by atoms with E-state index in [1.807, 2.05) is 0 Å². The van der Waals surface area contributed by atoms with Gasteiger partial charge in [0.2, 0.25) is 0 Å². The second kappa shape index (κ2) is 11.8. The molecule has 2 aliphatic rings. The van der Waals surface area contributed by atoms with Crippen LogP contribution in [-0.2, 0) is 19.0 Å². The molecule has 0 N–H and O–H groups in total. The molecule has 7 heteroatoms. The van der Waals surface area contributed by atoms with E-state index < -0.39 is 18.5 Å². The number of alkyl halides is 3. The molecular weight excluding hydrogens is 349 g/mol. The minimum Gasteiger partial charge on any atom is -0.458 e. The van der Waals surface area contributed by atoms with Crippen molar-refractivity contribution in [2.45, 2.75) is 83.0 Å². The Balaban J connectivity index is 1.55. The summed E-state index contributed by atoms with van der Waals surface area (Å²) in [6.07, 6.45) is 4.99. The Bertz CT molecular complexity index is 392. The lowest BCUT2D eigenvalue weighted by Gasteiger charge is -2.37. The quantitative estimate of drug-likeness (QED) is 0.409. The van der Waals surface area contributed by atoms with Gasteiger partial charge >= 0.3 is 12.4 Å². The van der Waals surface area contributed by atoms with E-state index in [1.54, 1.807) is 0 Å². The maximum absolute atomic E-state index is 12.2. The van der Waals surface area contributed by atoms with Crippen LogP contribution >= 0.6 is 0 Å². The number of rotatable bonds is 10. The van der Waals surface area contributed by atoms with Gasteiger partial charge in [-0.05, 0) is 38.5 Å². The molecule has 0 unspecified atom stereocenters. The van der Waals surface area contributed by atoms with Gasteiger partial charge in [0.25, 0.3) is 0 Å². The van der Waals surface area contributed by atoms with Gasteiger partial charge < -0.3 is 14.2 Å². The van der Waals surface area contributed by atoms with Crippen LogP contribution in [0.25, 0.3) is 0 Å². The molecule has 0 aromatic carbocycles. The third-order valence-electron chi connectivity index (χ3n) is 5.30. The number of halogens is 3. The van der Waals surface area contributed by atoms with Crippen LogP contribution in [0.2, 0.25) is 0 Å². The van der Waals surface area contributed by atoms with Gasteiger partial charge in [-0.3, -0.25) is 4.39 Å². The molecule has 1 saturated carbocycles. The summed E-state index contributed by atoms with van der Waals surface area (Å²) in [7, 11) is 0. The van der Waals surface area contributed by atoms with Gasteiger partial charge in [-0.25, -0.2) is 4.79 Å². The molecule has 1 heterocycles. The van der Waals surface area contributed by atoms with Gasteiger partial charge in [0, 0.05) is 11.8 Å². The number of unbranched alkanes of at least 4 members (excludes halogenated alkanes) is 4. The maximum atomic E-state index is 12.2. The van der Waals surface area contributed by atoms with E-state index in [-0.39, 0.29) is 18.9 Å². The molecule has 0 radical (unpaired) electrons. The van der Waals surface area contributed by atoms with E-state index in [9.17, 15) is 18.0 Å². The number of carbonyl (C=O) groups excluding carboxylic acids is 1. The minimum absolute atomic E-state index is 0.220. The lowest BCUT2D eigenvalue weighted by atomic mass is 9.86. The summed E-state index contributed by atoms with van der Waals surface area (Å²) in [5, 5.41) is 0. The molecule has 4 nitrogen and oxygen atoms in total. The topological polar surface area (TPSA) is 44.8 Å². The van der Waals surface area contributed by atoms with Crippen molar-refractivity contribution in [3.05, 3.63) is 0 Å². The Morgan fingerprint density at radius 1 is 0.962 bits per heavy atom. The zero-order valence-corrected chi connectivity index (χ0v) is 15.3. The van der Waals surface area contributed by atoms with E-state index in [2.05, 4.69) is 0 Å². The van der Waals surface area contributed by atoms with Crippen LogP contribution in [-0.4, -0.2) is 44.7 Å². The fourth-order valence-electron chi connectivity index (χ4n) is 3.75. The van der Waals surface area contributed by atoms with Gasteiger partial charge in [0.05, 0.1) is 19.9 Å². The van der Waals surface area contributed by atoms with Crippen molar-refractivity contribution in [2.24, 2.45) is 11.8 Å². The third kappa shape index (κ3) is 7.43. The number of carbonyl (C=O) groups is 1. The maximum Gasteiger partial charge on any atom is 0.374 e. The van der Waals surface area contributed by atoms with Crippen LogP contribution in [0.1, 0.15) is 64.2 Å². The predicted molar refractivity (Wildman–Crippen MR) is 90.7 cm³/mol. The molecule has 1 aliphatic heterocycles. The highest BCUT2D eigenvalue weighted by Crippen LogP contribution is 2.33. The standard InChI is InChI=1S/C19H31F3O4/c20-11-5-3-1-2-4-6-14-12-24-19(25-13-14)15-7-9-16(10-8-15)26-18(23)17(21)22/h14-17,19H,1-13H2. The largest absolute Gasteiger partial charge is 0.458 e. The van der Waals surface area contributed by atoms with Gasteiger partial charge in [-0.1, -0.05) is 25.7 Å². The summed E-state index contributed by atoms with van der Waals surface area (Å²) >= 11 is 0. The molecular formula is C19H31F3O4. The van der Waals surface area contributed by atoms with E-state index in [4.69, 9.17) is 14.2 Å². The van der Waals surface area contributed by atoms with E-state index in [1.165, 1.54) is 0 Å². The SMILES string of the molecule is O=C(OC1CCC(C2OCC(CCCCCCCF)CO2)CC1)C(F)F. The van der Waals surface area contributed by atoms with Gasteiger partial charge in [0.1, 0.15) is 6.10 Å². The molecule has 0 spiro atoms. The third-order valence-corrected chi connectivity index (χ3v) is 5.30. The van der Waals surface area contributed by atoms with Crippen LogP contribution in [0.15, 0.2) is 0 Å². The van der Waals surface area contributed by atoms with Crippen LogP contribution in [0, 0.1) is 11.8 Å².